The first kappa shape index (κ1) is 36.6. The SMILES string of the molecule is CC(c1ccccc1)c1cc(-c2cc(C(C)(C)C)cc(-c3cc(C(C)(C)C)cc(C(C)(C)C)c3O)n2)cc(N(c2ccccc2)c2ccccn2)c1. The predicted molar refractivity (Wildman–Crippen MR) is 219 cm³/mol. The van der Waals surface area contributed by atoms with E-state index in [1.54, 1.807) is 0 Å². The molecule has 266 valence electrons. The monoisotopic (exact) mass is 687 g/mol. The summed E-state index contributed by atoms with van der Waals surface area (Å²) in [6.45, 7) is 22.1. The maximum Gasteiger partial charge on any atom is 0.137 e. The molecule has 4 nitrogen and oxygen atoms in total. The van der Waals surface area contributed by atoms with Crippen LogP contribution in [0.25, 0.3) is 22.5 Å². The first-order valence-corrected chi connectivity index (χ1v) is 18.4. The summed E-state index contributed by atoms with van der Waals surface area (Å²) in [5, 5.41) is 12.0. The average Bonchev–Trinajstić information content (AvgIpc) is 3.11. The van der Waals surface area contributed by atoms with Gasteiger partial charge in [-0.05, 0) is 99.2 Å². The average molecular weight is 688 g/mol. The van der Waals surface area contributed by atoms with E-state index in [2.05, 4.69) is 171 Å². The molecule has 1 unspecified atom stereocenters. The fourth-order valence-electron chi connectivity index (χ4n) is 6.66. The highest BCUT2D eigenvalue weighted by molar-refractivity contribution is 5.80. The predicted octanol–water partition coefficient (Wildman–Crippen LogP) is 13.0. The van der Waals surface area contributed by atoms with E-state index in [-0.39, 0.29) is 22.2 Å². The van der Waals surface area contributed by atoms with Crippen LogP contribution in [0.1, 0.15) is 103 Å². The van der Waals surface area contributed by atoms with Crippen molar-refractivity contribution in [3.05, 3.63) is 155 Å². The lowest BCUT2D eigenvalue weighted by molar-refractivity contribution is 0.446. The number of nitrogens with zero attached hydrogens (tertiary/aromatic N) is 3. The van der Waals surface area contributed by atoms with E-state index in [9.17, 15) is 5.11 Å². The molecule has 2 heterocycles. The van der Waals surface area contributed by atoms with Gasteiger partial charge < -0.3 is 5.11 Å². The van der Waals surface area contributed by atoms with Crippen LogP contribution in [0, 0.1) is 0 Å². The summed E-state index contributed by atoms with van der Waals surface area (Å²) in [6.07, 6.45) is 1.84. The molecule has 0 saturated carbocycles. The molecular formula is C48H53N3O. The molecule has 6 rings (SSSR count). The molecule has 4 aromatic carbocycles. The van der Waals surface area contributed by atoms with E-state index >= 15 is 0 Å². The van der Waals surface area contributed by atoms with Crippen molar-refractivity contribution in [2.45, 2.75) is 91.4 Å². The van der Waals surface area contributed by atoms with E-state index < -0.39 is 0 Å². The Bertz CT molecular complexity index is 2110. The highest BCUT2D eigenvalue weighted by Crippen LogP contribution is 2.44. The van der Waals surface area contributed by atoms with Crippen molar-refractivity contribution in [2.75, 3.05) is 4.90 Å². The molecule has 0 aliphatic carbocycles. The van der Waals surface area contributed by atoms with E-state index in [1.165, 1.54) is 16.7 Å². The molecule has 0 amide bonds. The highest BCUT2D eigenvalue weighted by atomic mass is 16.3. The number of aromatic hydroxyl groups is 1. The van der Waals surface area contributed by atoms with Gasteiger partial charge in [-0.25, -0.2) is 9.97 Å². The molecule has 0 aliphatic heterocycles. The summed E-state index contributed by atoms with van der Waals surface area (Å²) in [4.78, 5) is 12.5. The first-order chi connectivity index (χ1) is 24.5. The minimum Gasteiger partial charge on any atom is -0.507 e. The molecule has 52 heavy (non-hydrogen) atoms. The van der Waals surface area contributed by atoms with Gasteiger partial charge in [0.15, 0.2) is 0 Å². The largest absolute Gasteiger partial charge is 0.507 e. The molecule has 0 fully saturated rings. The number of aromatic nitrogens is 2. The van der Waals surface area contributed by atoms with Gasteiger partial charge in [-0.2, -0.15) is 0 Å². The third-order valence-electron chi connectivity index (χ3n) is 9.94. The third-order valence-corrected chi connectivity index (χ3v) is 9.94. The van der Waals surface area contributed by atoms with Crippen LogP contribution in [0.4, 0.5) is 17.2 Å². The van der Waals surface area contributed by atoms with Crippen LogP contribution in [0.2, 0.25) is 0 Å². The van der Waals surface area contributed by atoms with Crippen LogP contribution in [-0.2, 0) is 16.2 Å². The number of anilines is 3. The Morgan fingerprint density at radius 3 is 1.75 bits per heavy atom. The quantitative estimate of drug-likeness (QED) is 0.181. The zero-order valence-electron chi connectivity index (χ0n) is 32.5. The number of pyridine rings is 2. The lowest BCUT2D eigenvalue weighted by atomic mass is 9.78. The Labute approximate surface area is 311 Å². The van der Waals surface area contributed by atoms with Crippen LogP contribution in [0.5, 0.6) is 5.75 Å². The summed E-state index contributed by atoms with van der Waals surface area (Å²) in [6, 6.07) is 42.6. The topological polar surface area (TPSA) is 49.3 Å². The normalized spacial score (nSPS) is 12.8. The number of phenols is 1. The van der Waals surface area contributed by atoms with Gasteiger partial charge in [0.2, 0.25) is 0 Å². The van der Waals surface area contributed by atoms with Crippen molar-refractivity contribution in [1.82, 2.24) is 9.97 Å². The fraction of sp³-hybridized carbons (Fsp3) is 0.292. The van der Waals surface area contributed by atoms with Crippen molar-refractivity contribution in [1.29, 1.82) is 0 Å². The summed E-state index contributed by atoms with van der Waals surface area (Å²) in [5.41, 5.74) is 10.5. The summed E-state index contributed by atoms with van der Waals surface area (Å²) >= 11 is 0. The fourth-order valence-corrected chi connectivity index (χ4v) is 6.66. The number of phenolic OH excluding ortho intramolecular Hbond substituents is 1. The molecule has 0 bridgehead atoms. The Balaban J connectivity index is 1.65. The summed E-state index contributed by atoms with van der Waals surface area (Å²) in [5.74, 6) is 1.25. The van der Waals surface area contributed by atoms with Crippen LogP contribution in [0.3, 0.4) is 0 Å². The Hall–Kier alpha value is -5.22. The third kappa shape index (κ3) is 7.82. The van der Waals surface area contributed by atoms with Gasteiger partial charge in [-0.15, -0.1) is 0 Å². The van der Waals surface area contributed by atoms with Crippen LogP contribution < -0.4 is 4.90 Å². The summed E-state index contributed by atoms with van der Waals surface area (Å²) in [7, 11) is 0. The minimum atomic E-state index is -0.256. The number of benzene rings is 4. The molecule has 0 radical (unpaired) electrons. The Morgan fingerprint density at radius 1 is 0.558 bits per heavy atom. The molecule has 6 aromatic rings. The smallest absolute Gasteiger partial charge is 0.137 e. The van der Waals surface area contributed by atoms with Crippen molar-refractivity contribution >= 4 is 17.2 Å². The Morgan fingerprint density at radius 2 is 1.15 bits per heavy atom. The van der Waals surface area contributed by atoms with Crippen molar-refractivity contribution in [3.63, 3.8) is 0 Å². The van der Waals surface area contributed by atoms with Crippen molar-refractivity contribution in [3.8, 4) is 28.3 Å². The molecule has 1 atom stereocenters. The number of rotatable bonds is 7. The molecular weight excluding hydrogens is 635 g/mol. The minimum absolute atomic E-state index is 0.115. The number of hydrogen-bond donors (Lipinski definition) is 1. The van der Waals surface area contributed by atoms with Gasteiger partial charge in [-0.3, -0.25) is 4.90 Å². The maximum absolute atomic E-state index is 12.0. The van der Waals surface area contributed by atoms with Crippen LogP contribution >= 0.6 is 0 Å². The molecule has 2 aromatic heterocycles. The first-order valence-electron chi connectivity index (χ1n) is 18.4. The van der Waals surface area contributed by atoms with E-state index in [4.69, 9.17) is 9.97 Å². The molecule has 0 aliphatic rings. The molecule has 0 saturated heterocycles. The van der Waals surface area contributed by atoms with Gasteiger partial charge >= 0.3 is 0 Å². The number of para-hydroxylation sites is 1. The molecule has 1 N–H and O–H groups in total. The van der Waals surface area contributed by atoms with Gasteiger partial charge in [-0.1, -0.05) is 130 Å². The van der Waals surface area contributed by atoms with Gasteiger partial charge in [0.1, 0.15) is 11.6 Å². The van der Waals surface area contributed by atoms with Crippen molar-refractivity contribution in [2.24, 2.45) is 0 Å². The van der Waals surface area contributed by atoms with Gasteiger partial charge in [0.25, 0.3) is 0 Å². The second-order valence-electron chi connectivity index (χ2n) is 17.1. The summed E-state index contributed by atoms with van der Waals surface area (Å²) < 4.78 is 0. The van der Waals surface area contributed by atoms with Crippen molar-refractivity contribution < 1.29 is 5.11 Å². The molecule has 0 spiro atoms. The number of hydrogen-bond acceptors (Lipinski definition) is 4. The van der Waals surface area contributed by atoms with Gasteiger partial charge in [0.05, 0.1) is 11.4 Å². The second-order valence-corrected chi connectivity index (χ2v) is 17.1. The maximum atomic E-state index is 12.0. The lowest BCUT2D eigenvalue weighted by Crippen LogP contribution is -2.17. The Kier molecular flexibility index (Phi) is 9.89. The standard InChI is InChI=1S/C48H53N3O/c1-32(33-19-13-11-14-20-33)34-25-35(27-39(26-34)51(38-21-15-12-16-22-38)44-23-17-18-24-49-44)42-30-37(47(5,6)7)31-43(50-42)40-28-36(46(2,3)4)29-41(45(40)52)48(8,9)10/h11-32,52H,1-10H3. The van der Waals surface area contributed by atoms with Gasteiger partial charge in [0, 0.05) is 40.2 Å². The zero-order chi connectivity index (χ0) is 37.4. The molecule has 4 heteroatoms. The van der Waals surface area contributed by atoms with Crippen LogP contribution in [-0.4, -0.2) is 15.1 Å². The van der Waals surface area contributed by atoms with E-state index in [0.717, 1.165) is 50.8 Å². The second kappa shape index (κ2) is 14.1. The van der Waals surface area contributed by atoms with E-state index in [1.807, 2.05) is 30.5 Å². The van der Waals surface area contributed by atoms with E-state index in [0.29, 0.717) is 5.75 Å². The lowest BCUT2D eigenvalue weighted by Gasteiger charge is -2.28. The highest BCUT2D eigenvalue weighted by Gasteiger charge is 2.28. The zero-order valence-corrected chi connectivity index (χ0v) is 32.5. The van der Waals surface area contributed by atoms with Crippen LogP contribution in [0.15, 0.2) is 128 Å².